The molecule has 0 spiro atoms. The molecule has 1 aliphatic heterocycles. The van der Waals surface area contributed by atoms with Crippen LogP contribution in [-0.2, 0) is 11.3 Å². The first-order chi connectivity index (χ1) is 14.8. The largest absolute Gasteiger partial charge is 0.497 e. The van der Waals surface area contributed by atoms with Crippen LogP contribution in [0.3, 0.4) is 0 Å². The number of hydrogen-bond acceptors (Lipinski definition) is 4. The first-order valence-corrected chi connectivity index (χ1v) is 10.6. The summed E-state index contributed by atoms with van der Waals surface area (Å²) in [6.07, 6.45) is 2.03. The Labute approximate surface area is 203 Å². The molecule has 6 nitrogen and oxygen atoms in total. The van der Waals surface area contributed by atoms with Crippen molar-refractivity contribution in [1.82, 2.24) is 10.2 Å². The minimum atomic E-state index is 0. The van der Waals surface area contributed by atoms with E-state index >= 15 is 0 Å². The highest BCUT2D eigenvalue weighted by atomic mass is 127. The summed E-state index contributed by atoms with van der Waals surface area (Å²) in [7, 11) is 3.50. The van der Waals surface area contributed by atoms with E-state index in [9.17, 15) is 0 Å². The van der Waals surface area contributed by atoms with Crippen molar-refractivity contribution in [1.29, 1.82) is 0 Å². The second kappa shape index (κ2) is 14.1. The smallest absolute Gasteiger partial charge is 0.193 e. The molecule has 0 saturated carbocycles. The van der Waals surface area contributed by atoms with Crippen LogP contribution in [0.1, 0.15) is 18.4 Å². The second-order valence-corrected chi connectivity index (χ2v) is 7.46. The van der Waals surface area contributed by atoms with E-state index in [-0.39, 0.29) is 24.0 Å². The van der Waals surface area contributed by atoms with Gasteiger partial charge in [0.25, 0.3) is 0 Å². The molecule has 31 heavy (non-hydrogen) atoms. The van der Waals surface area contributed by atoms with Crippen molar-refractivity contribution in [3.05, 3.63) is 60.2 Å². The normalized spacial score (nSPS) is 16.0. The third kappa shape index (κ3) is 8.57. The number of rotatable bonds is 10. The van der Waals surface area contributed by atoms with E-state index in [2.05, 4.69) is 27.3 Å². The van der Waals surface area contributed by atoms with Crippen molar-refractivity contribution in [2.24, 2.45) is 10.9 Å². The maximum Gasteiger partial charge on any atom is 0.193 e. The number of hydrogen-bond donors (Lipinski definition) is 1. The number of halogens is 1. The molecule has 1 saturated heterocycles. The molecule has 170 valence electrons. The Morgan fingerprint density at radius 2 is 1.94 bits per heavy atom. The van der Waals surface area contributed by atoms with Crippen LogP contribution in [0.4, 0.5) is 0 Å². The molecule has 0 radical (unpaired) electrons. The molecule has 1 N–H and O–H groups in total. The summed E-state index contributed by atoms with van der Waals surface area (Å²) in [6.45, 7) is 4.93. The average Bonchev–Trinajstić information content (AvgIpc) is 3.26. The summed E-state index contributed by atoms with van der Waals surface area (Å²) in [5.74, 6) is 3.14. The zero-order chi connectivity index (χ0) is 21.0. The van der Waals surface area contributed by atoms with Crippen LogP contribution < -0.4 is 14.8 Å². The SMILES string of the molecule is CN=C(NCCCOc1cccc(OC)c1)N1CCC(COCc2ccccc2)C1.I. The Hall–Kier alpha value is -2.00. The van der Waals surface area contributed by atoms with Gasteiger partial charge in [-0.25, -0.2) is 0 Å². The first-order valence-electron chi connectivity index (χ1n) is 10.6. The molecular weight excluding hydrogens is 505 g/mol. The number of nitrogens with one attached hydrogen (secondary N) is 1. The zero-order valence-electron chi connectivity index (χ0n) is 18.5. The summed E-state index contributed by atoms with van der Waals surface area (Å²) in [5, 5.41) is 3.45. The van der Waals surface area contributed by atoms with Gasteiger partial charge in [0.2, 0.25) is 0 Å². The molecule has 0 aromatic heterocycles. The van der Waals surface area contributed by atoms with Gasteiger partial charge in [0.1, 0.15) is 11.5 Å². The Bertz CT molecular complexity index is 789. The molecule has 0 aliphatic carbocycles. The van der Waals surface area contributed by atoms with E-state index in [1.807, 2.05) is 49.5 Å². The highest BCUT2D eigenvalue weighted by molar-refractivity contribution is 14.0. The van der Waals surface area contributed by atoms with E-state index < -0.39 is 0 Å². The van der Waals surface area contributed by atoms with Crippen LogP contribution in [0.25, 0.3) is 0 Å². The van der Waals surface area contributed by atoms with Crippen molar-refractivity contribution in [3.63, 3.8) is 0 Å². The highest BCUT2D eigenvalue weighted by Crippen LogP contribution is 2.19. The monoisotopic (exact) mass is 539 g/mol. The molecule has 2 aromatic rings. The number of benzene rings is 2. The second-order valence-electron chi connectivity index (χ2n) is 7.46. The zero-order valence-corrected chi connectivity index (χ0v) is 20.8. The minimum Gasteiger partial charge on any atom is -0.497 e. The van der Waals surface area contributed by atoms with Crippen LogP contribution in [0.2, 0.25) is 0 Å². The van der Waals surface area contributed by atoms with E-state index in [0.29, 0.717) is 19.1 Å². The molecule has 1 unspecified atom stereocenters. The molecule has 3 rings (SSSR count). The lowest BCUT2D eigenvalue weighted by molar-refractivity contribution is 0.0906. The van der Waals surface area contributed by atoms with Crippen molar-refractivity contribution in [3.8, 4) is 11.5 Å². The quantitative estimate of drug-likeness (QED) is 0.212. The Balaban J connectivity index is 0.00000341. The Morgan fingerprint density at radius 1 is 1.13 bits per heavy atom. The van der Waals surface area contributed by atoms with E-state index in [1.54, 1.807) is 7.11 Å². The minimum absolute atomic E-state index is 0. The molecule has 1 atom stereocenters. The van der Waals surface area contributed by atoms with E-state index in [4.69, 9.17) is 14.2 Å². The first kappa shape index (κ1) is 25.3. The Morgan fingerprint density at radius 3 is 2.71 bits per heavy atom. The lowest BCUT2D eigenvalue weighted by Crippen LogP contribution is -2.40. The maximum absolute atomic E-state index is 5.92. The van der Waals surface area contributed by atoms with E-state index in [0.717, 1.165) is 56.5 Å². The summed E-state index contributed by atoms with van der Waals surface area (Å²) in [6, 6.07) is 18.0. The molecule has 7 heteroatoms. The number of aliphatic imine (C=N–C) groups is 1. The number of ether oxygens (including phenoxy) is 3. The number of likely N-dealkylation sites (tertiary alicyclic amines) is 1. The lowest BCUT2D eigenvalue weighted by atomic mass is 10.1. The lowest BCUT2D eigenvalue weighted by Gasteiger charge is -2.21. The van der Waals surface area contributed by atoms with Crippen LogP contribution in [-0.4, -0.2) is 57.9 Å². The van der Waals surface area contributed by atoms with Crippen molar-refractivity contribution >= 4 is 29.9 Å². The summed E-state index contributed by atoms with van der Waals surface area (Å²) >= 11 is 0. The van der Waals surface area contributed by atoms with Gasteiger partial charge in [-0.1, -0.05) is 36.4 Å². The molecule has 0 bridgehead atoms. The van der Waals surface area contributed by atoms with Gasteiger partial charge < -0.3 is 24.4 Å². The predicted octanol–water partition coefficient (Wildman–Crippen LogP) is 4.20. The molecule has 2 aromatic carbocycles. The maximum atomic E-state index is 5.92. The van der Waals surface area contributed by atoms with Gasteiger partial charge in [-0.3, -0.25) is 4.99 Å². The fourth-order valence-corrected chi connectivity index (χ4v) is 3.56. The van der Waals surface area contributed by atoms with Gasteiger partial charge in [-0.15, -0.1) is 24.0 Å². The van der Waals surface area contributed by atoms with Gasteiger partial charge in [-0.2, -0.15) is 0 Å². The van der Waals surface area contributed by atoms with Gasteiger partial charge in [0.15, 0.2) is 5.96 Å². The fraction of sp³-hybridized carbons (Fsp3) is 0.458. The van der Waals surface area contributed by atoms with Gasteiger partial charge in [-0.05, 0) is 30.5 Å². The van der Waals surface area contributed by atoms with Crippen molar-refractivity contribution in [2.75, 3.05) is 47.0 Å². The van der Waals surface area contributed by atoms with E-state index in [1.165, 1.54) is 5.56 Å². The van der Waals surface area contributed by atoms with Crippen LogP contribution in [0, 0.1) is 5.92 Å². The standard InChI is InChI=1S/C24H33N3O3.HI/c1-25-24(26-13-7-15-30-23-11-6-10-22(16-23)28-2)27-14-12-21(17-27)19-29-18-20-8-4-3-5-9-20;/h3-6,8-11,16,21H,7,12-15,17-19H2,1-2H3,(H,25,26);1H. The molecule has 1 aliphatic rings. The fourth-order valence-electron chi connectivity index (χ4n) is 3.56. The Kier molecular flexibility index (Phi) is 11.5. The third-order valence-electron chi connectivity index (χ3n) is 5.18. The predicted molar refractivity (Wildman–Crippen MR) is 136 cm³/mol. The summed E-state index contributed by atoms with van der Waals surface area (Å²) in [4.78, 5) is 6.76. The third-order valence-corrected chi connectivity index (χ3v) is 5.18. The summed E-state index contributed by atoms with van der Waals surface area (Å²) in [5.41, 5.74) is 1.22. The van der Waals surface area contributed by atoms with Gasteiger partial charge in [0.05, 0.1) is 26.9 Å². The van der Waals surface area contributed by atoms with Gasteiger partial charge in [0, 0.05) is 38.7 Å². The van der Waals surface area contributed by atoms with Gasteiger partial charge >= 0.3 is 0 Å². The molecular formula is C24H34IN3O3. The van der Waals surface area contributed by atoms with Crippen molar-refractivity contribution in [2.45, 2.75) is 19.4 Å². The van der Waals surface area contributed by atoms with Crippen LogP contribution in [0.5, 0.6) is 11.5 Å². The molecule has 0 amide bonds. The molecule has 1 heterocycles. The summed E-state index contributed by atoms with van der Waals surface area (Å²) < 4.78 is 16.9. The average molecular weight is 539 g/mol. The number of nitrogens with zero attached hydrogens (tertiary/aromatic N) is 2. The number of methoxy groups -OCH3 is 1. The van der Waals surface area contributed by atoms with Crippen LogP contribution in [0.15, 0.2) is 59.6 Å². The van der Waals surface area contributed by atoms with Crippen molar-refractivity contribution < 1.29 is 14.2 Å². The number of guanidine groups is 1. The highest BCUT2D eigenvalue weighted by Gasteiger charge is 2.24. The molecule has 1 fully saturated rings. The van der Waals surface area contributed by atoms with Crippen LogP contribution >= 0.6 is 24.0 Å². The topological polar surface area (TPSA) is 55.3 Å².